The summed E-state index contributed by atoms with van der Waals surface area (Å²) in [5.41, 5.74) is 4.83. The number of pyridine rings is 1. The Morgan fingerprint density at radius 2 is 1.24 bits per heavy atom. The molecule has 0 aliphatic carbocycles. The third-order valence-electron chi connectivity index (χ3n) is 10.9. The number of hydrogen-bond acceptors (Lipinski definition) is 15. The molecule has 2 unspecified atom stereocenters. The van der Waals surface area contributed by atoms with Gasteiger partial charge in [0, 0.05) is 80.9 Å². The smallest absolute Gasteiger partial charge is 0.247 e. The fourth-order valence-corrected chi connectivity index (χ4v) is 8.09. The van der Waals surface area contributed by atoms with Gasteiger partial charge in [0.15, 0.2) is 29.0 Å². The molecule has 2 aliphatic rings. The zero-order valence-electron chi connectivity index (χ0n) is 32.5. The van der Waals surface area contributed by atoms with E-state index in [1.807, 2.05) is 31.2 Å². The maximum atomic E-state index is 10.8. The molecule has 0 spiro atoms. The fourth-order valence-electron chi connectivity index (χ4n) is 8.09. The van der Waals surface area contributed by atoms with Gasteiger partial charge in [0.05, 0.1) is 11.3 Å². The van der Waals surface area contributed by atoms with Crippen LogP contribution in [0.2, 0.25) is 0 Å². The van der Waals surface area contributed by atoms with Crippen molar-refractivity contribution in [2.24, 2.45) is 0 Å². The van der Waals surface area contributed by atoms with Gasteiger partial charge in [-0.1, -0.05) is 0 Å². The molecule has 2 aliphatic heterocycles. The normalized spacial score (nSPS) is 18.0. The maximum absolute atomic E-state index is 10.8. The van der Waals surface area contributed by atoms with Gasteiger partial charge >= 0.3 is 0 Å². The first-order valence-electron chi connectivity index (χ1n) is 19.0. The fraction of sp³-hybridized carbons (Fsp3) is 0.475. The molecule has 0 radical (unpaired) electrons. The molecule has 8 rings (SSSR count). The molecule has 4 N–H and O–H groups in total. The quantitative estimate of drug-likeness (QED) is 0.121. The van der Waals surface area contributed by atoms with E-state index >= 15 is 0 Å². The van der Waals surface area contributed by atoms with E-state index in [1.54, 1.807) is 19.9 Å². The van der Waals surface area contributed by atoms with Gasteiger partial charge in [-0.15, -0.1) is 20.4 Å². The molecular formula is C40H49N11O4. The number of phenolic OH excluding ortho intramolecular Hbond substituents is 1. The predicted molar refractivity (Wildman–Crippen MR) is 210 cm³/mol. The molecule has 6 aromatic rings. The molecule has 5 aromatic heterocycles. The molecule has 1 aromatic carbocycles. The van der Waals surface area contributed by atoms with E-state index in [0.717, 1.165) is 69.1 Å². The minimum atomic E-state index is -0.0568. The Labute approximate surface area is 319 Å². The summed E-state index contributed by atoms with van der Waals surface area (Å²) in [7, 11) is 0. The second kappa shape index (κ2) is 14.0. The van der Waals surface area contributed by atoms with Crippen molar-refractivity contribution in [2.45, 2.75) is 97.3 Å². The number of oxazole rings is 2. The highest BCUT2D eigenvalue weighted by Crippen LogP contribution is 2.37. The zero-order chi connectivity index (χ0) is 38.6. The molecule has 0 saturated carbocycles. The number of fused-ring (bicyclic) bond motifs is 2. The first-order chi connectivity index (χ1) is 26.2. The van der Waals surface area contributed by atoms with Gasteiger partial charge in [0.2, 0.25) is 5.71 Å². The summed E-state index contributed by atoms with van der Waals surface area (Å²) in [5.74, 6) is 2.77. The van der Waals surface area contributed by atoms with Crippen molar-refractivity contribution in [1.29, 1.82) is 0 Å². The number of rotatable bonds is 11. The molecule has 55 heavy (non-hydrogen) atoms. The second-order valence-electron chi connectivity index (χ2n) is 16.4. The Kier molecular flexibility index (Phi) is 9.32. The number of aromatic nitrogens is 7. The number of hydrogen-bond donors (Lipinski definition) is 4. The average Bonchev–Trinajstić information content (AvgIpc) is 3.94. The van der Waals surface area contributed by atoms with E-state index in [9.17, 15) is 10.2 Å². The van der Waals surface area contributed by atoms with Crippen LogP contribution in [0.25, 0.3) is 45.0 Å². The summed E-state index contributed by atoms with van der Waals surface area (Å²) < 4.78 is 11.3. The largest absolute Gasteiger partial charge is 0.507 e. The van der Waals surface area contributed by atoms with Gasteiger partial charge in [-0.05, 0) is 84.6 Å². The lowest BCUT2D eigenvalue weighted by Gasteiger charge is -2.36. The Hall–Kier alpha value is -5.41. The monoisotopic (exact) mass is 747 g/mol. The molecule has 2 atom stereocenters. The highest BCUT2D eigenvalue weighted by molar-refractivity contribution is 5.88. The van der Waals surface area contributed by atoms with Crippen LogP contribution >= 0.6 is 0 Å². The number of benzene rings is 1. The molecule has 0 amide bonds. The van der Waals surface area contributed by atoms with Gasteiger partial charge < -0.3 is 39.5 Å². The van der Waals surface area contributed by atoms with Crippen LogP contribution in [0.3, 0.4) is 0 Å². The number of phenols is 1. The van der Waals surface area contributed by atoms with E-state index in [1.165, 1.54) is 6.07 Å². The standard InChI is InChI=1S/C40H49N11O4/c1-22-35(31(52)18-29-37(22)54-23(2)41-29)27-8-10-33(48-46-27)50-16-12-25(20-50)44-39(4,5)14-15-40(6,7)45-26-13-17-51(21-26)34-11-9-28(47-49-34)36-32(53)19-30-38(43-36)55-24(3)42-30/h8-11,18-19,25-26,44-45,52-53H,12-17,20-21H2,1-7H3. The van der Waals surface area contributed by atoms with Crippen LogP contribution in [-0.2, 0) is 0 Å². The van der Waals surface area contributed by atoms with Crippen molar-refractivity contribution in [3.63, 3.8) is 0 Å². The van der Waals surface area contributed by atoms with Gasteiger partial charge in [0.25, 0.3) is 0 Å². The molecule has 2 fully saturated rings. The van der Waals surface area contributed by atoms with E-state index < -0.39 is 0 Å². The number of nitrogens with one attached hydrogen (secondary N) is 2. The summed E-state index contributed by atoms with van der Waals surface area (Å²) in [6, 6.07) is 11.5. The number of nitrogens with zero attached hydrogens (tertiary/aromatic N) is 9. The molecule has 2 saturated heterocycles. The van der Waals surface area contributed by atoms with Crippen molar-refractivity contribution in [1.82, 2.24) is 46.0 Å². The molecule has 15 heteroatoms. The molecule has 0 bridgehead atoms. The maximum Gasteiger partial charge on any atom is 0.247 e. The van der Waals surface area contributed by atoms with Crippen molar-refractivity contribution in [3.05, 3.63) is 53.7 Å². The zero-order valence-corrected chi connectivity index (χ0v) is 32.5. The Bertz CT molecular complexity index is 2340. The lowest BCUT2D eigenvalue weighted by atomic mass is 9.88. The predicted octanol–water partition coefficient (Wildman–Crippen LogP) is 5.99. The van der Waals surface area contributed by atoms with Crippen molar-refractivity contribution in [2.75, 3.05) is 36.0 Å². The van der Waals surface area contributed by atoms with E-state index in [-0.39, 0.29) is 22.6 Å². The van der Waals surface area contributed by atoms with Crippen LogP contribution < -0.4 is 20.4 Å². The van der Waals surface area contributed by atoms with Crippen LogP contribution in [0.1, 0.15) is 70.7 Å². The van der Waals surface area contributed by atoms with E-state index in [2.05, 4.69) is 83.5 Å². The SMILES string of the molecule is Cc1nc2cc(O)c(-c3ccc(N4CCC(NC(C)(C)CCC(C)(C)NC5CCN(c6ccc(-c7c(O)cc8nc(C)oc8c7C)nn6)C5)C4)nn3)nc2o1. The lowest BCUT2D eigenvalue weighted by Crippen LogP contribution is -2.51. The second-order valence-corrected chi connectivity index (χ2v) is 16.4. The van der Waals surface area contributed by atoms with E-state index in [0.29, 0.717) is 68.8 Å². The lowest BCUT2D eigenvalue weighted by molar-refractivity contribution is 0.253. The van der Waals surface area contributed by atoms with Crippen molar-refractivity contribution in [3.8, 4) is 34.1 Å². The summed E-state index contributed by atoms with van der Waals surface area (Å²) in [6.07, 6.45) is 4.06. The number of aromatic hydroxyl groups is 2. The minimum absolute atomic E-state index is 0.0112. The van der Waals surface area contributed by atoms with Crippen molar-refractivity contribution < 1.29 is 19.0 Å². The van der Waals surface area contributed by atoms with Crippen molar-refractivity contribution >= 4 is 34.0 Å². The first-order valence-corrected chi connectivity index (χ1v) is 19.0. The summed E-state index contributed by atoms with van der Waals surface area (Å²) in [5, 5.41) is 47.1. The van der Waals surface area contributed by atoms with Crippen LogP contribution in [-0.4, -0.2) is 94.9 Å². The minimum Gasteiger partial charge on any atom is -0.507 e. The van der Waals surface area contributed by atoms with Gasteiger partial charge in [-0.25, -0.2) is 15.0 Å². The van der Waals surface area contributed by atoms with Crippen LogP contribution in [0.15, 0.2) is 45.2 Å². The average molecular weight is 748 g/mol. The summed E-state index contributed by atoms with van der Waals surface area (Å²) >= 11 is 0. The third kappa shape index (κ3) is 7.63. The van der Waals surface area contributed by atoms with Crippen LogP contribution in [0.4, 0.5) is 11.6 Å². The first kappa shape index (κ1) is 36.6. The van der Waals surface area contributed by atoms with E-state index in [4.69, 9.17) is 8.83 Å². The topological polar surface area (TPSA) is 188 Å². The molecule has 15 nitrogen and oxygen atoms in total. The van der Waals surface area contributed by atoms with Crippen LogP contribution in [0.5, 0.6) is 11.5 Å². The van der Waals surface area contributed by atoms with Gasteiger partial charge in [-0.2, -0.15) is 0 Å². The van der Waals surface area contributed by atoms with Crippen LogP contribution in [0, 0.1) is 20.8 Å². The summed E-state index contributed by atoms with van der Waals surface area (Å²) in [4.78, 5) is 17.5. The Morgan fingerprint density at radius 3 is 1.82 bits per heavy atom. The van der Waals surface area contributed by atoms with Gasteiger partial charge in [-0.3, -0.25) is 0 Å². The Balaban J connectivity index is 0.816. The number of anilines is 2. The highest BCUT2D eigenvalue weighted by atomic mass is 16.4. The highest BCUT2D eigenvalue weighted by Gasteiger charge is 2.33. The number of aryl methyl sites for hydroxylation is 3. The van der Waals surface area contributed by atoms with Gasteiger partial charge in [0.1, 0.15) is 33.9 Å². The third-order valence-corrected chi connectivity index (χ3v) is 10.9. The Morgan fingerprint density at radius 1 is 0.691 bits per heavy atom. The molecular weight excluding hydrogens is 699 g/mol. The summed E-state index contributed by atoms with van der Waals surface area (Å²) in [6.45, 7) is 18.1. The molecule has 288 valence electrons. The molecule has 7 heterocycles.